The van der Waals surface area contributed by atoms with Crippen molar-refractivity contribution < 1.29 is 4.42 Å². The Morgan fingerprint density at radius 1 is 0.477 bits per heavy atom. The lowest BCUT2D eigenvalue weighted by Gasteiger charge is -2.26. The van der Waals surface area contributed by atoms with E-state index in [1.54, 1.807) is 0 Å². The number of nitrogens with one attached hydrogen (secondary N) is 1. The van der Waals surface area contributed by atoms with Crippen LogP contribution < -0.4 is 10.2 Å². The van der Waals surface area contributed by atoms with Gasteiger partial charge in [-0.05, 0) is 75.8 Å². The van der Waals surface area contributed by atoms with Crippen molar-refractivity contribution in [2.45, 2.75) is 0 Å². The van der Waals surface area contributed by atoms with E-state index in [0.717, 1.165) is 46.0 Å². The second-order valence-electron chi connectivity index (χ2n) is 11.0. The van der Waals surface area contributed by atoms with Crippen molar-refractivity contribution in [2.75, 3.05) is 16.8 Å². The van der Waals surface area contributed by atoms with Crippen LogP contribution in [0.3, 0.4) is 0 Å². The van der Waals surface area contributed by atoms with Crippen LogP contribution in [0.2, 0.25) is 0 Å². The lowest BCUT2D eigenvalue weighted by atomic mass is 10.00. The van der Waals surface area contributed by atoms with E-state index in [1.165, 1.54) is 33.4 Å². The van der Waals surface area contributed by atoms with Crippen LogP contribution in [0, 0.1) is 0 Å². The maximum absolute atomic E-state index is 6.12. The third-order valence-corrected chi connectivity index (χ3v) is 8.32. The zero-order valence-corrected chi connectivity index (χ0v) is 24.2. The van der Waals surface area contributed by atoms with Crippen LogP contribution in [0.1, 0.15) is 5.56 Å². The quantitative estimate of drug-likeness (QED) is 0.217. The Kier molecular flexibility index (Phi) is 6.54. The first-order valence-corrected chi connectivity index (χ1v) is 15.0. The zero-order chi connectivity index (χ0) is 29.3. The highest BCUT2D eigenvalue weighted by Crippen LogP contribution is 2.41. The van der Waals surface area contributed by atoms with E-state index in [2.05, 4.69) is 174 Å². The molecule has 0 atom stereocenters. The number of nitrogens with zero attached hydrogens (tertiary/aromatic N) is 1. The standard InChI is InChI=1S/C41H30N2O/c1-3-8-29(9-4-1)31-13-15-32(16-14-31)34-19-23-36(24-20-34)43(35-21-17-33(18-22-35)30-10-5-2-6-11-30)37-25-26-40-39(28-37)38-12-7-27-42-41(38)44-40/h1-26,28,42H,27H2. The molecule has 7 aromatic rings. The molecule has 3 nitrogen and oxygen atoms in total. The van der Waals surface area contributed by atoms with Crippen molar-refractivity contribution in [3.63, 3.8) is 0 Å². The van der Waals surface area contributed by atoms with Crippen molar-refractivity contribution in [1.82, 2.24) is 0 Å². The summed E-state index contributed by atoms with van der Waals surface area (Å²) in [6, 6.07) is 53.9. The molecular weight excluding hydrogens is 536 g/mol. The average Bonchev–Trinajstić information content (AvgIpc) is 3.48. The molecule has 0 amide bonds. The van der Waals surface area contributed by atoms with Gasteiger partial charge in [0.1, 0.15) is 5.58 Å². The number of hydrogen-bond acceptors (Lipinski definition) is 3. The van der Waals surface area contributed by atoms with Crippen molar-refractivity contribution >= 4 is 40.0 Å². The van der Waals surface area contributed by atoms with E-state index in [0.29, 0.717) is 0 Å². The molecule has 0 aliphatic carbocycles. The minimum absolute atomic E-state index is 0.779. The van der Waals surface area contributed by atoms with Crippen LogP contribution in [0.15, 0.2) is 162 Å². The molecule has 1 aliphatic heterocycles. The molecule has 1 N–H and O–H groups in total. The topological polar surface area (TPSA) is 28.4 Å². The number of fused-ring (bicyclic) bond motifs is 3. The maximum Gasteiger partial charge on any atom is 0.201 e. The summed E-state index contributed by atoms with van der Waals surface area (Å²) in [6.07, 6.45) is 4.29. The Labute approximate surface area is 257 Å². The zero-order valence-electron chi connectivity index (χ0n) is 24.2. The van der Waals surface area contributed by atoms with Gasteiger partial charge in [-0.15, -0.1) is 0 Å². The number of benzene rings is 6. The van der Waals surface area contributed by atoms with Gasteiger partial charge in [0.15, 0.2) is 0 Å². The van der Waals surface area contributed by atoms with Gasteiger partial charge in [0.25, 0.3) is 0 Å². The molecule has 0 spiro atoms. The van der Waals surface area contributed by atoms with Gasteiger partial charge in [-0.1, -0.05) is 121 Å². The Hall–Kier alpha value is -5.80. The summed E-state index contributed by atoms with van der Waals surface area (Å²) in [4.78, 5) is 2.32. The van der Waals surface area contributed by atoms with Gasteiger partial charge in [-0.3, -0.25) is 0 Å². The molecule has 0 bridgehead atoms. The van der Waals surface area contributed by atoms with E-state index in [9.17, 15) is 0 Å². The van der Waals surface area contributed by atoms with Crippen LogP contribution >= 0.6 is 0 Å². The number of anilines is 4. The van der Waals surface area contributed by atoms with E-state index >= 15 is 0 Å². The van der Waals surface area contributed by atoms with Crippen molar-refractivity contribution in [2.24, 2.45) is 0 Å². The molecule has 2 heterocycles. The monoisotopic (exact) mass is 566 g/mol. The Bertz CT molecular complexity index is 2070. The van der Waals surface area contributed by atoms with Gasteiger partial charge in [-0.2, -0.15) is 0 Å². The van der Waals surface area contributed by atoms with Gasteiger partial charge in [0.05, 0.1) is 0 Å². The molecule has 8 rings (SSSR count). The lowest BCUT2D eigenvalue weighted by molar-refractivity contribution is 0.628. The lowest BCUT2D eigenvalue weighted by Crippen LogP contribution is -2.09. The van der Waals surface area contributed by atoms with Gasteiger partial charge in [0.2, 0.25) is 5.88 Å². The molecule has 44 heavy (non-hydrogen) atoms. The summed E-state index contributed by atoms with van der Waals surface area (Å²) in [5.74, 6) is 0.834. The second-order valence-corrected chi connectivity index (χ2v) is 11.0. The van der Waals surface area contributed by atoms with Crippen LogP contribution in [0.5, 0.6) is 0 Å². The minimum atomic E-state index is 0.779. The molecule has 210 valence electrons. The SMILES string of the molecule is C1=Cc2c(oc3ccc(N(c4ccc(-c5ccccc5)cc4)c4ccc(-c5ccc(-c6ccccc6)cc5)cc4)cc23)NC1. The third-order valence-electron chi connectivity index (χ3n) is 8.32. The molecule has 1 aliphatic rings. The first kappa shape index (κ1) is 25.9. The smallest absolute Gasteiger partial charge is 0.201 e. The first-order valence-electron chi connectivity index (χ1n) is 15.0. The fourth-order valence-electron chi connectivity index (χ4n) is 6.04. The molecular formula is C41H30N2O. The van der Waals surface area contributed by atoms with Crippen LogP contribution in [0.25, 0.3) is 50.4 Å². The Morgan fingerprint density at radius 3 is 1.45 bits per heavy atom. The normalized spacial score (nSPS) is 12.1. The van der Waals surface area contributed by atoms with E-state index in [1.807, 2.05) is 0 Å². The van der Waals surface area contributed by atoms with E-state index in [4.69, 9.17) is 4.42 Å². The van der Waals surface area contributed by atoms with Crippen LogP contribution in [-0.2, 0) is 0 Å². The fraction of sp³-hybridized carbons (Fsp3) is 0.0244. The van der Waals surface area contributed by atoms with Gasteiger partial charge >= 0.3 is 0 Å². The number of hydrogen-bond donors (Lipinski definition) is 1. The molecule has 0 fully saturated rings. The fourth-order valence-corrected chi connectivity index (χ4v) is 6.04. The first-order chi connectivity index (χ1) is 21.8. The maximum atomic E-state index is 6.12. The minimum Gasteiger partial charge on any atom is -0.440 e. The molecule has 0 saturated carbocycles. The summed E-state index contributed by atoms with van der Waals surface area (Å²) < 4.78 is 6.12. The van der Waals surface area contributed by atoms with Gasteiger partial charge in [0, 0.05) is 34.6 Å². The van der Waals surface area contributed by atoms with Crippen LogP contribution in [0.4, 0.5) is 22.9 Å². The molecule has 0 saturated heterocycles. The van der Waals surface area contributed by atoms with Crippen LogP contribution in [-0.4, -0.2) is 6.54 Å². The van der Waals surface area contributed by atoms with Crippen molar-refractivity contribution in [3.8, 4) is 33.4 Å². The second kappa shape index (κ2) is 11.1. The predicted octanol–water partition coefficient (Wildman–Crippen LogP) is 11.3. The molecule has 0 unspecified atom stereocenters. The van der Waals surface area contributed by atoms with E-state index in [-0.39, 0.29) is 0 Å². The molecule has 0 radical (unpaired) electrons. The Morgan fingerprint density at radius 2 is 0.932 bits per heavy atom. The Balaban J connectivity index is 1.17. The predicted molar refractivity (Wildman–Crippen MR) is 185 cm³/mol. The number of furan rings is 1. The molecule has 1 aromatic heterocycles. The summed E-state index contributed by atoms with van der Waals surface area (Å²) >= 11 is 0. The number of rotatable bonds is 6. The van der Waals surface area contributed by atoms with Crippen molar-refractivity contribution in [1.29, 1.82) is 0 Å². The highest BCUT2D eigenvalue weighted by molar-refractivity contribution is 5.97. The molecule has 3 heteroatoms. The molecule has 6 aromatic carbocycles. The highest BCUT2D eigenvalue weighted by atomic mass is 16.3. The third kappa shape index (κ3) is 4.85. The summed E-state index contributed by atoms with van der Waals surface area (Å²) in [7, 11) is 0. The van der Waals surface area contributed by atoms with Crippen molar-refractivity contribution in [3.05, 3.63) is 163 Å². The largest absolute Gasteiger partial charge is 0.440 e. The summed E-state index contributed by atoms with van der Waals surface area (Å²) in [5.41, 5.74) is 12.5. The average molecular weight is 567 g/mol. The highest BCUT2D eigenvalue weighted by Gasteiger charge is 2.18. The summed E-state index contributed by atoms with van der Waals surface area (Å²) in [6.45, 7) is 0.779. The van der Waals surface area contributed by atoms with Gasteiger partial charge in [-0.25, -0.2) is 0 Å². The summed E-state index contributed by atoms with van der Waals surface area (Å²) in [5, 5.41) is 4.45. The van der Waals surface area contributed by atoms with E-state index < -0.39 is 0 Å². The van der Waals surface area contributed by atoms with Gasteiger partial charge < -0.3 is 14.6 Å².